The molecule has 9 heteroatoms. The van der Waals surface area contributed by atoms with E-state index < -0.39 is 0 Å². The number of nitrogens with one attached hydrogen (secondary N) is 1. The van der Waals surface area contributed by atoms with Crippen LogP contribution in [0.3, 0.4) is 0 Å². The zero-order chi connectivity index (χ0) is 19.1. The number of nitrogens with zero attached hydrogens (tertiary/aromatic N) is 3. The van der Waals surface area contributed by atoms with Crippen LogP contribution in [0.1, 0.15) is 25.7 Å². The molecule has 0 radical (unpaired) electrons. The van der Waals surface area contributed by atoms with E-state index in [-0.39, 0.29) is 12.2 Å². The summed E-state index contributed by atoms with van der Waals surface area (Å²) in [6, 6.07) is 0. The maximum absolute atomic E-state index is 11.7. The molecule has 0 bridgehead atoms. The largest absolute Gasteiger partial charge is 0.448 e. The molecule has 0 aromatic heterocycles. The average molecular weight is 472 g/mol. The van der Waals surface area contributed by atoms with Crippen molar-refractivity contribution in [3.8, 4) is 0 Å². The van der Waals surface area contributed by atoms with Gasteiger partial charge in [0.05, 0.1) is 22.9 Å². The molecule has 2 amide bonds. The van der Waals surface area contributed by atoms with Gasteiger partial charge in [-0.2, -0.15) is 0 Å². The van der Waals surface area contributed by atoms with Crippen LogP contribution in [0, 0.1) is 0 Å². The van der Waals surface area contributed by atoms with Crippen molar-refractivity contribution in [3.63, 3.8) is 0 Å². The first-order chi connectivity index (χ1) is 11.8. The SMILES string of the molecule is CN(C)CCOC(=O)NCCCCCCN(I)C(=O)OCCN(C)C. The Morgan fingerprint density at radius 1 is 0.840 bits per heavy atom. The Hall–Kier alpha value is -0.810. The Morgan fingerprint density at radius 3 is 2.00 bits per heavy atom. The lowest BCUT2D eigenvalue weighted by atomic mass is 10.2. The number of carbonyl (C=O) groups is 2. The monoisotopic (exact) mass is 472 g/mol. The quantitative estimate of drug-likeness (QED) is 0.252. The smallest absolute Gasteiger partial charge is 0.418 e. The molecule has 0 atom stereocenters. The lowest BCUT2D eigenvalue weighted by Gasteiger charge is -2.16. The van der Waals surface area contributed by atoms with Gasteiger partial charge < -0.3 is 24.6 Å². The summed E-state index contributed by atoms with van der Waals surface area (Å²) < 4.78 is 11.8. The summed E-state index contributed by atoms with van der Waals surface area (Å²) in [6.07, 6.45) is 3.17. The Balaban J connectivity index is 3.47. The zero-order valence-electron chi connectivity index (χ0n) is 15.9. The third-order valence-corrected chi connectivity index (χ3v) is 4.16. The van der Waals surface area contributed by atoms with Crippen molar-refractivity contribution in [2.45, 2.75) is 25.7 Å². The van der Waals surface area contributed by atoms with Crippen LogP contribution in [0.15, 0.2) is 0 Å². The Bertz CT molecular complexity index is 370. The van der Waals surface area contributed by atoms with E-state index in [9.17, 15) is 9.59 Å². The van der Waals surface area contributed by atoms with E-state index in [4.69, 9.17) is 9.47 Å². The number of rotatable bonds is 13. The van der Waals surface area contributed by atoms with E-state index in [1.54, 1.807) is 3.11 Å². The molecule has 1 N–H and O–H groups in total. The molecule has 0 rings (SSSR count). The fraction of sp³-hybridized carbons (Fsp3) is 0.875. The minimum atomic E-state index is -0.360. The lowest BCUT2D eigenvalue weighted by Crippen LogP contribution is -2.28. The van der Waals surface area contributed by atoms with Crippen LogP contribution in [-0.4, -0.2) is 92.7 Å². The molecule has 0 aromatic carbocycles. The summed E-state index contributed by atoms with van der Waals surface area (Å²) in [5.74, 6) is 0. The van der Waals surface area contributed by atoms with Crippen molar-refractivity contribution in [3.05, 3.63) is 0 Å². The number of amides is 2. The number of hydrogen-bond donors (Lipinski definition) is 1. The van der Waals surface area contributed by atoms with Crippen LogP contribution in [-0.2, 0) is 9.47 Å². The summed E-state index contributed by atoms with van der Waals surface area (Å²) in [5.41, 5.74) is 0. The van der Waals surface area contributed by atoms with E-state index in [1.807, 2.05) is 60.9 Å². The van der Waals surface area contributed by atoms with Crippen LogP contribution < -0.4 is 5.32 Å². The second-order valence-corrected chi connectivity index (χ2v) is 7.45. The first kappa shape index (κ1) is 24.2. The normalized spacial score (nSPS) is 10.8. The van der Waals surface area contributed by atoms with Gasteiger partial charge in [0.25, 0.3) is 0 Å². The fourth-order valence-electron chi connectivity index (χ4n) is 1.77. The first-order valence-electron chi connectivity index (χ1n) is 8.63. The minimum absolute atomic E-state index is 0.287. The molecule has 25 heavy (non-hydrogen) atoms. The van der Waals surface area contributed by atoms with Crippen LogP contribution in [0.5, 0.6) is 0 Å². The Kier molecular flexibility index (Phi) is 14.9. The van der Waals surface area contributed by atoms with Crippen molar-refractivity contribution in [1.82, 2.24) is 18.2 Å². The van der Waals surface area contributed by atoms with Gasteiger partial charge in [-0.15, -0.1) is 0 Å². The molecule has 0 unspecified atom stereocenters. The van der Waals surface area contributed by atoms with E-state index >= 15 is 0 Å². The van der Waals surface area contributed by atoms with Crippen molar-refractivity contribution in [2.75, 3.05) is 67.6 Å². The van der Waals surface area contributed by atoms with Crippen LogP contribution in [0.4, 0.5) is 9.59 Å². The number of halogens is 1. The second kappa shape index (κ2) is 15.4. The third-order valence-electron chi connectivity index (χ3n) is 3.28. The van der Waals surface area contributed by atoms with E-state index in [0.717, 1.165) is 38.8 Å². The highest BCUT2D eigenvalue weighted by molar-refractivity contribution is 14.1. The molecule has 8 nitrogen and oxygen atoms in total. The molecule has 0 aromatic rings. The predicted molar refractivity (Wildman–Crippen MR) is 107 cm³/mol. The van der Waals surface area contributed by atoms with Gasteiger partial charge in [0.15, 0.2) is 0 Å². The summed E-state index contributed by atoms with van der Waals surface area (Å²) in [4.78, 5) is 27.0. The van der Waals surface area contributed by atoms with Gasteiger partial charge in [0.1, 0.15) is 13.2 Å². The van der Waals surface area contributed by atoms with Crippen molar-refractivity contribution < 1.29 is 19.1 Å². The first-order valence-corrected chi connectivity index (χ1v) is 9.59. The summed E-state index contributed by atoms with van der Waals surface area (Å²) in [6.45, 7) is 3.53. The number of carbonyl (C=O) groups excluding carboxylic acids is 2. The maximum atomic E-state index is 11.7. The second-order valence-electron chi connectivity index (χ2n) is 6.28. The molecule has 0 aliphatic rings. The summed E-state index contributed by atoms with van der Waals surface area (Å²) in [7, 11) is 7.74. The van der Waals surface area contributed by atoms with Gasteiger partial charge in [-0.25, -0.2) is 12.7 Å². The predicted octanol–water partition coefficient (Wildman–Crippen LogP) is 2.18. The summed E-state index contributed by atoms with van der Waals surface area (Å²) >= 11 is 1.99. The molecular formula is C16H33IN4O4. The van der Waals surface area contributed by atoms with Gasteiger partial charge in [-0.3, -0.25) is 0 Å². The lowest BCUT2D eigenvalue weighted by molar-refractivity contribution is 0.123. The average Bonchev–Trinajstić information content (AvgIpc) is 2.52. The standard InChI is InChI=1S/C16H33IN4O4/c1-19(2)11-13-24-15(22)18-9-7-5-6-8-10-21(17)16(23)25-14-12-20(3)4/h5-14H2,1-4H3,(H,18,22). The van der Waals surface area contributed by atoms with Crippen LogP contribution >= 0.6 is 22.9 Å². The van der Waals surface area contributed by atoms with Gasteiger partial charge >= 0.3 is 12.2 Å². The third kappa shape index (κ3) is 16.4. The maximum Gasteiger partial charge on any atom is 0.418 e. The van der Waals surface area contributed by atoms with Crippen molar-refractivity contribution in [1.29, 1.82) is 0 Å². The van der Waals surface area contributed by atoms with Gasteiger partial charge in [-0.05, 0) is 41.0 Å². The molecule has 0 heterocycles. The van der Waals surface area contributed by atoms with Crippen LogP contribution in [0.25, 0.3) is 0 Å². The van der Waals surface area contributed by atoms with Crippen molar-refractivity contribution in [2.24, 2.45) is 0 Å². The Labute approximate surface area is 165 Å². The zero-order valence-corrected chi connectivity index (χ0v) is 18.1. The van der Waals surface area contributed by atoms with Gasteiger partial charge in [0, 0.05) is 26.2 Å². The van der Waals surface area contributed by atoms with Crippen LogP contribution in [0.2, 0.25) is 0 Å². The van der Waals surface area contributed by atoms with E-state index in [1.165, 1.54) is 0 Å². The molecule has 0 aliphatic carbocycles. The number of hydrogen-bond acceptors (Lipinski definition) is 6. The minimum Gasteiger partial charge on any atom is -0.448 e. The number of unbranched alkanes of at least 4 members (excludes halogenated alkanes) is 3. The summed E-state index contributed by atoms with van der Waals surface area (Å²) in [5, 5.41) is 2.74. The molecular weight excluding hydrogens is 439 g/mol. The molecule has 0 aliphatic heterocycles. The highest BCUT2D eigenvalue weighted by Crippen LogP contribution is 2.07. The highest BCUT2D eigenvalue weighted by Gasteiger charge is 2.11. The van der Waals surface area contributed by atoms with E-state index in [0.29, 0.717) is 26.3 Å². The number of alkyl carbamates (subject to hydrolysis) is 1. The Morgan fingerprint density at radius 2 is 1.40 bits per heavy atom. The fourth-order valence-corrected chi connectivity index (χ4v) is 2.25. The molecule has 0 spiro atoms. The molecule has 0 saturated carbocycles. The van der Waals surface area contributed by atoms with Gasteiger partial charge in [0.2, 0.25) is 0 Å². The molecule has 0 fully saturated rings. The highest BCUT2D eigenvalue weighted by atomic mass is 127. The molecule has 148 valence electrons. The number of likely N-dealkylation sites (N-methyl/N-ethyl adjacent to an activating group) is 2. The van der Waals surface area contributed by atoms with Gasteiger partial charge in [-0.1, -0.05) is 12.8 Å². The number of ether oxygens (including phenoxy) is 2. The molecule has 0 saturated heterocycles. The topological polar surface area (TPSA) is 74.3 Å². The van der Waals surface area contributed by atoms with E-state index in [2.05, 4.69) is 5.32 Å². The van der Waals surface area contributed by atoms with Crippen molar-refractivity contribution >= 4 is 35.1 Å².